The van der Waals surface area contributed by atoms with Crippen molar-refractivity contribution in [2.75, 3.05) is 32.7 Å². The van der Waals surface area contributed by atoms with Crippen molar-refractivity contribution in [3.05, 3.63) is 0 Å². The van der Waals surface area contributed by atoms with Crippen molar-refractivity contribution in [3.8, 4) is 0 Å². The lowest BCUT2D eigenvalue weighted by Gasteiger charge is -2.41. The average molecular weight is 286 g/mol. The fourth-order valence-electron chi connectivity index (χ4n) is 2.07. The molecular weight excluding hydrogens is 260 g/mol. The molecule has 0 aromatic carbocycles. The van der Waals surface area contributed by atoms with E-state index in [1.807, 2.05) is 27.7 Å². The summed E-state index contributed by atoms with van der Waals surface area (Å²) in [6.07, 6.45) is -0.355. The van der Waals surface area contributed by atoms with Gasteiger partial charge in [-0.25, -0.2) is 9.59 Å². The second kappa shape index (κ2) is 6.78. The summed E-state index contributed by atoms with van der Waals surface area (Å²) in [5, 5.41) is 2.76. The van der Waals surface area contributed by atoms with Crippen molar-refractivity contribution in [3.63, 3.8) is 0 Å². The van der Waals surface area contributed by atoms with Gasteiger partial charge in [-0.15, -0.1) is 0 Å². The third kappa shape index (κ3) is 4.56. The van der Waals surface area contributed by atoms with E-state index in [-0.39, 0.29) is 18.2 Å². The SMILES string of the molecule is CCNC(=O)N1CCN(C(=O)OC(C)(C)C)CC1CN. The van der Waals surface area contributed by atoms with E-state index in [0.717, 1.165) is 0 Å². The topological polar surface area (TPSA) is 87.9 Å². The molecule has 20 heavy (non-hydrogen) atoms. The Morgan fingerprint density at radius 1 is 1.35 bits per heavy atom. The van der Waals surface area contributed by atoms with Gasteiger partial charge in [0.25, 0.3) is 0 Å². The number of nitrogens with one attached hydrogen (secondary N) is 1. The van der Waals surface area contributed by atoms with E-state index in [1.54, 1.807) is 9.80 Å². The van der Waals surface area contributed by atoms with Crippen molar-refractivity contribution in [2.24, 2.45) is 5.73 Å². The number of hydrogen-bond donors (Lipinski definition) is 2. The Labute approximate surface area is 120 Å². The maximum Gasteiger partial charge on any atom is 0.410 e. The second-order valence-electron chi connectivity index (χ2n) is 5.84. The van der Waals surface area contributed by atoms with E-state index in [1.165, 1.54) is 0 Å². The number of nitrogens with zero attached hydrogens (tertiary/aromatic N) is 2. The van der Waals surface area contributed by atoms with Crippen LogP contribution in [0, 0.1) is 0 Å². The van der Waals surface area contributed by atoms with Gasteiger partial charge in [-0.2, -0.15) is 0 Å². The molecule has 1 saturated heterocycles. The largest absolute Gasteiger partial charge is 0.444 e. The standard InChI is InChI=1S/C13H26N4O3/c1-5-15-11(18)17-7-6-16(9-10(17)8-14)12(19)20-13(2,3)4/h10H,5-9,14H2,1-4H3,(H,15,18). The van der Waals surface area contributed by atoms with Gasteiger partial charge in [0.05, 0.1) is 6.04 Å². The van der Waals surface area contributed by atoms with Gasteiger partial charge < -0.3 is 25.6 Å². The van der Waals surface area contributed by atoms with E-state index in [9.17, 15) is 9.59 Å². The highest BCUT2D eigenvalue weighted by atomic mass is 16.6. The van der Waals surface area contributed by atoms with Gasteiger partial charge in [0, 0.05) is 32.7 Å². The van der Waals surface area contributed by atoms with Crippen LogP contribution in [0.3, 0.4) is 0 Å². The smallest absolute Gasteiger partial charge is 0.410 e. The van der Waals surface area contributed by atoms with Gasteiger partial charge >= 0.3 is 12.1 Å². The molecule has 116 valence electrons. The molecule has 1 fully saturated rings. The summed E-state index contributed by atoms with van der Waals surface area (Å²) in [4.78, 5) is 27.2. The van der Waals surface area contributed by atoms with Crippen molar-refractivity contribution in [1.82, 2.24) is 15.1 Å². The number of rotatable bonds is 2. The van der Waals surface area contributed by atoms with Gasteiger partial charge in [0.2, 0.25) is 0 Å². The van der Waals surface area contributed by atoms with Crippen LogP contribution in [0.2, 0.25) is 0 Å². The summed E-state index contributed by atoms with van der Waals surface area (Å²) >= 11 is 0. The normalized spacial score (nSPS) is 19.8. The van der Waals surface area contributed by atoms with Crippen LogP contribution in [-0.4, -0.2) is 66.3 Å². The Balaban J connectivity index is 2.63. The Kier molecular flexibility index (Phi) is 5.62. The average Bonchev–Trinajstić information content (AvgIpc) is 2.36. The molecule has 1 rings (SSSR count). The van der Waals surface area contributed by atoms with E-state index >= 15 is 0 Å². The van der Waals surface area contributed by atoms with Crippen LogP contribution in [-0.2, 0) is 4.74 Å². The van der Waals surface area contributed by atoms with Crippen molar-refractivity contribution in [2.45, 2.75) is 39.3 Å². The molecule has 0 aromatic heterocycles. The quantitative estimate of drug-likeness (QED) is 0.778. The molecule has 1 heterocycles. The van der Waals surface area contributed by atoms with Crippen LogP contribution in [0.25, 0.3) is 0 Å². The summed E-state index contributed by atoms with van der Waals surface area (Å²) < 4.78 is 5.34. The molecule has 1 aliphatic heterocycles. The first-order valence-electron chi connectivity index (χ1n) is 7.01. The summed E-state index contributed by atoms with van der Waals surface area (Å²) in [6, 6.07) is -0.311. The minimum absolute atomic E-state index is 0.133. The number of hydrogen-bond acceptors (Lipinski definition) is 4. The molecule has 0 aliphatic carbocycles. The lowest BCUT2D eigenvalue weighted by atomic mass is 10.1. The minimum Gasteiger partial charge on any atom is -0.444 e. The highest BCUT2D eigenvalue weighted by molar-refractivity contribution is 5.75. The Bertz CT molecular complexity index is 354. The molecule has 7 heteroatoms. The minimum atomic E-state index is -0.522. The lowest BCUT2D eigenvalue weighted by Crippen LogP contribution is -2.61. The van der Waals surface area contributed by atoms with Crippen molar-refractivity contribution < 1.29 is 14.3 Å². The lowest BCUT2D eigenvalue weighted by molar-refractivity contribution is 0.00981. The highest BCUT2D eigenvalue weighted by Crippen LogP contribution is 2.14. The molecule has 0 aromatic rings. The molecule has 3 N–H and O–H groups in total. The van der Waals surface area contributed by atoms with E-state index in [0.29, 0.717) is 32.7 Å². The first-order valence-corrected chi connectivity index (χ1v) is 7.01. The van der Waals surface area contributed by atoms with Gasteiger partial charge in [-0.3, -0.25) is 0 Å². The zero-order valence-corrected chi connectivity index (χ0v) is 12.8. The first-order chi connectivity index (χ1) is 9.28. The fraction of sp³-hybridized carbons (Fsp3) is 0.846. The zero-order valence-electron chi connectivity index (χ0n) is 12.8. The third-order valence-corrected chi connectivity index (χ3v) is 3.00. The molecule has 0 radical (unpaired) electrons. The van der Waals surface area contributed by atoms with Gasteiger partial charge in [-0.1, -0.05) is 0 Å². The van der Waals surface area contributed by atoms with Crippen LogP contribution in [0.15, 0.2) is 0 Å². The number of piperazine rings is 1. The second-order valence-corrected chi connectivity index (χ2v) is 5.84. The Hall–Kier alpha value is -1.50. The fourth-order valence-corrected chi connectivity index (χ4v) is 2.07. The zero-order chi connectivity index (χ0) is 15.3. The molecule has 0 saturated carbocycles. The molecule has 3 amide bonds. The Morgan fingerprint density at radius 3 is 2.50 bits per heavy atom. The van der Waals surface area contributed by atoms with Crippen LogP contribution in [0.1, 0.15) is 27.7 Å². The Morgan fingerprint density at radius 2 is 2.00 bits per heavy atom. The number of carbonyl (C=O) groups is 2. The molecule has 1 aliphatic rings. The van der Waals surface area contributed by atoms with Crippen LogP contribution < -0.4 is 11.1 Å². The molecule has 1 unspecified atom stereocenters. The number of nitrogens with two attached hydrogens (primary N) is 1. The van der Waals surface area contributed by atoms with Gasteiger partial charge in [0.15, 0.2) is 0 Å². The number of amides is 3. The molecule has 0 bridgehead atoms. The van der Waals surface area contributed by atoms with Gasteiger partial charge in [-0.05, 0) is 27.7 Å². The number of ether oxygens (including phenoxy) is 1. The maximum atomic E-state index is 12.0. The van der Waals surface area contributed by atoms with Crippen LogP contribution >= 0.6 is 0 Å². The van der Waals surface area contributed by atoms with Crippen molar-refractivity contribution >= 4 is 12.1 Å². The predicted molar refractivity (Wildman–Crippen MR) is 76.4 cm³/mol. The van der Waals surface area contributed by atoms with Gasteiger partial charge in [0.1, 0.15) is 5.60 Å². The summed E-state index contributed by atoms with van der Waals surface area (Å²) in [5.74, 6) is 0. The number of urea groups is 1. The third-order valence-electron chi connectivity index (χ3n) is 3.00. The molecule has 1 atom stereocenters. The molecule has 7 nitrogen and oxygen atoms in total. The summed E-state index contributed by atoms with van der Waals surface area (Å²) in [5.41, 5.74) is 5.19. The molecule has 0 spiro atoms. The van der Waals surface area contributed by atoms with Crippen LogP contribution in [0.4, 0.5) is 9.59 Å². The maximum absolute atomic E-state index is 12.0. The monoisotopic (exact) mass is 286 g/mol. The predicted octanol–water partition coefficient (Wildman–Crippen LogP) is 0.596. The first kappa shape index (κ1) is 16.6. The summed E-state index contributed by atoms with van der Waals surface area (Å²) in [6.45, 7) is 9.58. The van der Waals surface area contributed by atoms with E-state index in [2.05, 4.69) is 5.32 Å². The summed E-state index contributed by atoms with van der Waals surface area (Å²) in [7, 11) is 0. The number of carbonyl (C=O) groups excluding carboxylic acids is 2. The van der Waals surface area contributed by atoms with E-state index < -0.39 is 5.60 Å². The van der Waals surface area contributed by atoms with Crippen LogP contribution in [0.5, 0.6) is 0 Å². The highest BCUT2D eigenvalue weighted by Gasteiger charge is 2.33. The van der Waals surface area contributed by atoms with E-state index in [4.69, 9.17) is 10.5 Å². The van der Waals surface area contributed by atoms with Crippen molar-refractivity contribution in [1.29, 1.82) is 0 Å². The molecular formula is C13H26N4O3.